The van der Waals surface area contributed by atoms with Crippen LogP contribution in [0.25, 0.3) is 0 Å². The van der Waals surface area contributed by atoms with Crippen LogP contribution >= 0.6 is 0 Å². The minimum atomic E-state index is 0.884. The Morgan fingerprint density at radius 1 is 1.19 bits per heavy atom. The van der Waals surface area contributed by atoms with E-state index < -0.39 is 0 Å². The Morgan fingerprint density at radius 3 is 2.31 bits per heavy atom. The van der Waals surface area contributed by atoms with Crippen LogP contribution in [0.1, 0.15) is 23.7 Å². The summed E-state index contributed by atoms with van der Waals surface area (Å²) in [5, 5.41) is 8.07. The summed E-state index contributed by atoms with van der Waals surface area (Å²) in [4.78, 5) is 6.68. The maximum atomic E-state index is 4.60. The van der Waals surface area contributed by atoms with Crippen molar-refractivity contribution in [3.05, 3.63) is 16.8 Å². The molecule has 1 aromatic rings. The number of aryl methyl sites for hydroxylation is 1. The van der Waals surface area contributed by atoms with E-state index in [-0.39, 0.29) is 0 Å². The molecular weight excluding hydrogens is 200 g/mol. The van der Waals surface area contributed by atoms with Crippen LogP contribution in [0.15, 0.2) is 10.2 Å². The zero-order chi connectivity index (χ0) is 12.3. The lowest BCUT2D eigenvalue weighted by atomic mass is 10.1. The summed E-state index contributed by atoms with van der Waals surface area (Å²) in [7, 11) is 3.70. The molecule has 1 aromatic heterocycles. The molecule has 0 aliphatic heterocycles. The average molecular weight is 220 g/mol. The second kappa shape index (κ2) is 5.05. The van der Waals surface area contributed by atoms with Gasteiger partial charge in [0.15, 0.2) is 5.82 Å². The lowest BCUT2D eigenvalue weighted by Crippen LogP contribution is -2.18. The molecule has 0 amide bonds. The second-order valence-corrected chi connectivity index (χ2v) is 3.93. The third kappa shape index (κ3) is 2.21. The van der Waals surface area contributed by atoms with Crippen molar-refractivity contribution in [2.24, 2.45) is 10.2 Å². The van der Waals surface area contributed by atoms with Crippen LogP contribution < -0.4 is 4.90 Å². The number of nitrogens with zero attached hydrogens (tertiary/aromatic N) is 4. The fourth-order valence-electron chi connectivity index (χ4n) is 1.55. The molecular formula is C12H20N4. The molecule has 0 radical (unpaired) electrons. The van der Waals surface area contributed by atoms with Gasteiger partial charge in [-0.25, -0.2) is 4.98 Å². The van der Waals surface area contributed by atoms with Crippen LogP contribution in [0, 0.1) is 20.8 Å². The Bertz CT molecular complexity index is 410. The predicted octanol–water partition coefficient (Wildman–Crippen LogP) is 3.18. The lowest BCUT2D eigenvalue weighted by molar-refractivity contribution is 0.917. The molecule has 1 heterocycles. The number of hydrogen-bond donors (Lipinski definition) is 0. The molecule has 0 aliphatic rings. The molecule has 0 atom stereocenters. The smallest absolute Gasteiger partial charge is 0.156 e. The second-order valence-electron chi connectivity index (χ2n) is 3.93. The van der Waals surface area contributed by atoms with Crippen LogP contribution in [-0.4, -0.2) is 25.6 Å². The van der Waals surface area contributed by atoms with E-state index in [0.717, 1.165) is 29.3 Å². The van der Waals surface area contributed by atoms with Gasteiger partial charge in [0, 0.05) is 26.3 Å². The highest BCUT2D eigenvalue weighted by Gasteiger charge is 2.14. The number of azo groups is 1. The minimum Gasteiger partial charge on any atom is -0.358 e. The topological polar surface area (TPSA) is 40.9 Å². The molecule has 4 heteroatoms. The lowest BCUT2D eigenvalue weighted by Gasteiger charge is -2.20. The standard InChI is InChI=1S/C12H20N4/c1-7-16(6)12-11(15-13-5)9(3)8(2)10(4)14-12/h7H2,1-6H3. The van der Waals surface area contributed by atoms with E-state index in [1.54, 1.807) is 7.05 Å². The molecule has 4 nitrogen and oxygen atoms in total. The van der Waals surface area contributed by atoms with Gasteiger partial charge in [-0.1, -0.05) is 0 Å². The van der Waals surface area contributed by atoms with Crippen molar-refractivity contribution < 1.29 is 0 Å². The van der Waals surface area contributed by atoms with Crippen molar-refractivity contribution in [1.82, 2.24) is 4.98 Å². The largest absolute Gasteiger partial charge is 0.358 e. The van der Waals surface area contributed by atoms with Gasteiger partial charge in [-0.05, 0) is 38.8 Å². The third-order valence-corrected chi connectivity index (χ3v) is 2.98. The summed E-state index contributed by atoms with van der Waals surface area (Å²) >= 11 is 0. The summed E-state index contributed by atoms with van der Waals surface area (Å²) in [5.74, 6) is 0.911. The minimum absolute atomic E-state index is 0.884. The van der Waals surface area contributed by atoms with Crippen molar-refractivity contribution in [2.45, 2.75) is 27.7 Å². The molecule has 1 rings (SSSR count). The summed E-state index contributed by atoms with van der Waals surface area (Å²) in [6.45, 7) is 9.17. The molecule has 0 spiro atoms. The van der Waals surface area contributed by atoms with E-state index >= 15 is 0 Å². The maximum Gasteiger partial charge on any atom is 0.156 e. The summed E-state index contributed by atoms with van der Waals surface area (Å²) in [5.41, 5.74) is 4.29. The average Bonchev–Trinajstić information content (AvgIpc) is 2.28. The van der Waals surface area contributed by atoms with E-state index in [2.05, 4.69) is 40.9 Å². The Balaban J connectivity index is 3.46. The number of anilines is 1. The van der Waals surface area contributed by atoms with Crippen molar-refractivity contribution in [3.8, 4) is 0 Å². The maximum absolute atomic E-state index is 4.60. The number of pyridine rings is 1. The highest BCUT2D eigenvalue weighted by molar-refractivity contribution is 5.67. The Morgan fingerprint density at radius 2 is 1.81 bits per heavy atom. The number of aromatic nitrogens is 1. The van der Waals surface area contributed by atoms with Crippen molar-refractivity contribution in [3.63, 3.8) is 0 Å². The zero-order valence-electron chi connectivity index (χ0n) is 11.0. The third-order valence-electron chi connectivity index (χ3n) is 2.98. The Labute approximate surface area is 97.4 Å². The fourth-order valence-corrected chi connectivity index (χ4v) is 1.55. The van der Waals surface area contributed by atoms with Gasteiger partial charge in [0.2, 0.25) is 0 Å². The van der Waals surface area contributed by atoms with Crippen LogP contribution in [-0.2, 0) is 0 Å². The van der Waals surface area contributed by atoms with Gasteiger partial charge in [0.25, 0.3) is 0 Å². The highest BCUT2D eigenvalue weighted by atomic mass is 15.2. The van der Waals surface area contributed by atoms with Crippen molar-refractivity contribution in [1.29, 1.82) is 0 Å². The highest BCUT2D eigenvalue weighted by Crippen LogP contribution is 2.32. The Hall–Kier alpha value is -1.45. The molecule has 0 fully saturated rings. The van der Waals surface area contributed by atoms with Gasteiger partial charge in [-0.3, -0.25) is 0 Å². The van der Waals surface area contributed by atoms with Gasteiger partial charge in [-0.2, -0.15) is 10.2 Å². The van der Waals surface area contributed by atoms with E-state index in [1.807, 2.05) is 14.0 Å². The summed E-state index contributed by atoms with van der Waals surface area (Å²) < 4.78 is 0. The first-order valence-corrected chi connectivity index (χ1v) is 5.51. The van der Waals surface area contributed by atoms with Crippen LogP contribution in [0.2, 0.25) is 0 Å². The van der Waals surface area contributed by atoms with Crippen LogP contribution in [0.5, 0.6) is 0 Å². The summed E-state index contributed by atoms with van der Waals surface area (Å²) in [6.07, 6.45) is 0. The molecule has 0 unspecified atom stereocenters. The van der Waals surface area contributed by atoms with Gasteiger partial charge in [0.1, 0.15) is 5.69 Å². The number of rotatable bonds is 3. The predicted molar refractivity (Wildman–Crippen MR) is 67.8 cm³/mol. The molecule has 0 aliphatic carbocycles. The SMILES string of the molecule is CCN(C)c1nc(C)c(C)c(C)c1N=NC. The molecule has 0 bridgehead atoms. The molecule has 0 saturated carbocycles. The normalized spacial score (nSPS) is 11.1. The Kier molecular flexibility index (Phi) is 3.99. The fraction of sp³-hybridized carbons (Fsp3) is 0.583. The van der Waals surface area contributed by atoms with Crippen LogP contribution in [0.3, 0.4) is 0 Å². The molecule has 0 aromatic carbocycles. The molecule has 88 valence electrons. The van der Waals surface area contributed by atoms with E-state index in [1.165, 1.54) is 5.56 Å². The monoisotopic (exact) mass is 220 g/mol. The molecule has 0 saturated heterocycles. The van der Waals surface area contributed by atoms with Gasteiger partial charge in [-0.15, -0.1) is 0 Å². The van der Waals surface area contributed by atoms with E-state index in [0.29, 0.717) is 0 Å². The van der Waals surface area contributed by atoms with Crippen molar-refractivity contribution in [2.75, 3.05) is 25.5 Å². The van der Waals surface area contributed by atoms with Gasteiger partial charge >= 0.3 is 0 Å². The van der Waals surface area contributed by atoms with E-state index in [9.17, 15) is 0 Å². The first kappa shape index (κ1) is 12.6. The zero-order valence-corrected chi connectivity index (χ0v) is 11.0. The molecule has 16 heavy (non-hydrogen) atoms. The van der Waals surface area contributed by atoms with Gasteiger partial charge < -0.3 is 4.90 Å². The molecule has 0 N–H and O–H groups in total. The van der Waals surface area contributed by atoms with E-state index in [4.69, 9.17) is 0 Å². The van der Waals surface area contributed by atoms with Gasteiger partial charge in [0.05, 0.1) is 0 Å². The number of hydrogen-bond acceptors (Lipinski definition) is 4. The summed E-state index contributed by atoms with van der Waals surface area (Å²) in [6, 6.07) is 0. The van der Waals surface area contributed by atoms with Crippen LogP contribution in [0.4, 0.5) is 11.5 Å². The quantitative estimate of drug-likeness (QED) is 0.734. The van der Waals surface area contributed by atoms with Crippen molar-refractivity contribution >= 4 is 11.5 Å². The first-order valence-electron chi connectivity index (χ1n) is 5.51. The first-order chi connectivity index (χ1) is 7.52.